The largest absolute Gasteiger partial charge is 0.491 e. The Bertz CT molecular complexity index is 433. The molecule has 1 aromatic carbocycles. The summed E-state index contributed by atoms with van der Waals surface area (Å²) in [5.74, 6) is 1.07. The van der Waals surface area contributed by atoms with E-state index in [1.807, 2.05) is 41.3 Å². The maximum atomic E-state index is 11.5. The second kappa shape index (κ2) is 9.30. The summed E-state index contributed by atoms with van der Waals surface area (Å²) in [6, 6.07) is 9.91. The van der Waals surface area contributed by atoms with Gasteiger partial charge in [0.25, 0.3) is 0 Å². The van der Waals surface area contributed by atoms with Crippen molar-refractivity contribution >= 4 is 5.91 Å². The molecule has 1 heterocycles. The first-order valence-electron chi connectivity index (χ1n) is 6.73. The molecule has 0 spiro atoms. The molecule has 0 aliphatic carbocycles. The van der Waals surface area contributed by atoms with Crippen molar-refractivity contribution in [2.24, 2.45) is 0 Å². The van der Waals surface area contributed by atoms with Gasteiger partial charge < -0.3 is 16.6 Å². The normalized spacial score (nSPS) is 17.8. The standard InChI is InChI=1S/C16H20NO2.Y/c1-2-3-4-8-11-17-14(12-16(17)18)13-19-15-9-6-5-7-10-15;/h4-10,14H,1-3,11-13H2;/q-1;/b8-4-;/t14-;/m1./s1. The zero-order valence-electron chi connectivity index (χ0n) is 11.7. The number of carbonyl (C=O) groups excluding carboxylic acids is 1. The monoisotopic (exact) mass is 347 g/mol. The van der Waals surface area contributed by atoms with Crippen molar-refractivity contribution in [1.82, 2.24) is 4.90 Å². The number of unbranched alkanes of at least 4 members (excludes halogenated alkanes) is 1. The van der Waals surface area contributed by atoms with Gasteiger partial charge >= 0.3 is 0 Å². The molecule has 1 amide bonds. The van der Waals surface area contributed by atoms with E-state index in [4.69, 9.17) is 4.74 Å². The molecule has 1 radical (unpaired) electrons. The van der Waals surface area contributed by atoms with Gasteiger partial charge in [0.2, 0.25) is 5.91 Å². The molecule has 1 atom stereocenters. The number of benzene rings is 1. The number of hydrogen-bond acceptors (Lipinski definition) is 2. The van der Waals surface area contributed by atoms with Gasteiger partial charge in [-0.1, -0.05) is 36.8 Å². The molecule has 0 N–H and O–H groups in total. The number of para-hydroxylation sites is 1. The van der Waals surface area contributed by atoms with Gasteiger partial charge in [-0.25, -0.2) is 0 Å². The van der Waals surface area contributed by atoms with Crippen LogP contribution in [0.4, 0.5) is 0 Å². The molecule has 1 aliphatic heterocycles. The Kier molecular flexibility index (Phi) is 8.09. The van der Waals surface area contributed by atoms with Crippen LogP contribution in [0.1, 0.15) is 19.3 Å². The number of carbonyl (C=O) groups is 1. The van der Waals surface area contributed by atoms with Crippen LogP contribution in [0.25, 0.3) is 0 Å². The van der Waals surface area contributed by atoms with Gasteiger partial charge in [-0.2, -0.15) is 6.42 Å². The van der Waals surface area contributed by atoms with E-state index in [-0.39, 0.29) is 44.7 Å². The van der Waals surface area contributed by atoms with Gasteiger partial charge in [0, 0.05) is 39.3 Å². The number of allylic oxidation sites excluding steroid dienone is 1. The molecular weight excluding hydrogens is 327 g/mol. The Labute approximate surface area is 146 Å². The number of hydrogen-bond donors (Lipinski definition) is 0. The van der Waals surface area contributed by atoms with Crippen LogP contribution < -0.4 is 4.74 Å². The van der Waals surface area contributed by atoms with Crippen LogP contribution in [0.5, 0.6) is 5.75 Å². The zero-order chi connectivity index (χ0) is 13.5. The number of nitrogens with zero attached hydrogens (tertiary/aromatic N) is 1. The first kappa shape index (κ1) is 17.4. The summed E-state index contributed by atoms with van der Waals surface area (Å²) < 4.78 is 5.69. The number of β-lactam (4-membered cyclic amide) rings is 1. The number of rotatable bonds is 7. The molecule has 1 fully saturated rings. The van der Waals surface area contributed by atoms with Gasteiger partial charge in [-0.3, -0.25) is 4.79 Å². The van der Waals surface area contributed by atoms with Crippen molar-refractivity contribution in [2.75, 3.05) is 13.2 Å². The van der Waals surface area contributed by atoms with Gasteiger partial charge in [-0.05, 0) is 12.1 Å². The maximum absolute atomic E-state index is 11.5. The summed E-state index contributed by atoms with van der Waals surface area (Å²) in [5, 5.41) is 0. The van der Waals surface area contributed by atoms with Crippen LogP contribution in [0, 0.1) is 6.92 Å². The molecule has 0 unspecified atom stereocenters. The van der Waals surface area contributed by atoms with Gasteiger partial charge in [-0.15, -0.1) is 0 Å². The van der Waals surface area contributed by atoms with E-state index in [0.717, 1.165) is 18.6 Å². The first-order chi connectivity index (χ1) is 9.31. The van der Waals surface area contributed by atoms with Crippen molar-refractivity contribution in [1.29, 1.82) is 0 Å². The molecule has 2 rings (SSSR count). The zero-order valence-corrected chi connectivity index (χ0v) is 14.5. The van der Waals surface area contributed by atoms with Crippen LogP contribution in [-0.2, 0) is 37.5 Å². The van der Waals surface area contributed by atoms with Crippen molar-refractivity contribution in [3.05, 3.63) is 49.4 Å². The minimum atomic E-state index is 0. The molecule has 1 aliphatic rings. The van der Waals surface area contributed by atoms with Gasteiger partial charge in [0.1, 0.15) is 12.4 Å². The molecule has 0 saturated carbocycles. The maximum Gasteiger partial charge on any atom is 0.225 e. The Morgan fingerprint density at radius 1 is 1.30 bits per heavy atom. The van der Waals surface area contributed by atoms with E-state index >= 15 is 0 Å². The topological polar surface area (TPSA) is 29.5 Å². The SMILES string of the molecule is [CH2-]CC/C=C\CN1C(=O)C[C@@H]1COc1ccccc1.[Y]. The summed E-state index contributed by atoms with van der Waals surface area (Å²) in [6.07, 6.45) is 6.57. The second-order valence-corrected chi connectivity index (χ2v) is 4.64. The fourth-order valence-electron chi connectivity index (χ4n) is 2.05. The van der Waals surface area contributed by atoms with Crippen LogP contribution in [0.2, 0.25) is 0 Å². The molecule has 0 aromatic heterocycles. The molecule has 20 heavy (non-hydrogen) atoms. The molecule has 1 aromatic rings. The minimum absolute atomic E-state index is 0. The van der Waals surface area contributed by atoms with Crippen molar-refractivity contribution in [3.63, 3.8) is 0 Å². The molecule has 0 bridgehead atoms. The summed E-state index contributed by atoms with van der Waals surface area (Å²) in [7, 11) is 0. The summed E-state index contributed by atoms with van der Waals surface area (Å²) in [4.78, 5) is 13.4. The summed E-state index contributed by atoms with van der Waals surface area (Å²) >= 11 is 0. The summed E-state index contributed by atoms with van der Waals surface area (Å²) in [5.41, 5.74) is 0. The van der Waals surface area contributed by atoms with Crippen LogP contribution >= 0.6 is 0 Å². The van der Waals surface area contributed by atoms with Crippen LogP contribution in [-0.4, -0.2) is 30.0 Å². The number of likely N-dealkylation sites (tertiary alicyclic amines) is 1. The third-order valence-electron chi connectivity index (χ3n) is 3.20. The van der Waals surface area contributed by atoms with Crippen LogP contribution in [0.15, 0.2) is 42.5 Å². The van der Waals surface area contributed by atoms with E-state index in [1.54, 1.807) is 0 Å². The Balaban J connectivity index is 0.00000200. The van der Waals surface area contributed by atoms with Crippen LogP contribution in [0.3, 0.4) is 0 Å². The average Bonchev–Trinajstić information content (AvgIpc) is 2.44. The second-order valence-electron chi connectivity index (χ2n) is 4.64. The summed E-state index contributed by atoms with van der Waals surface area (Å²) in [6.45, 7) is 5.03. The van der Waals surface area contributed by atoms with Gasteiger partial charge in [0.05, 0.1) is 12.5 Å². The molecular formula is C16H20NO2Y-. The minimum Gasteiger partial charge on any atom is -0.491 e. The van der Waals surface area contributed by atoms with Gasteiger partial charge in [0.15, 0.2) is 0 Å². The predicted molar refractivity (Wildman–Crippen MR) is 75.8 cm³/mol. The number of ether oxygens (including phenoxy) is 1. The Hall–Kier alpha value is -0.666. The molecule has 105 valence electrons. The third-order valence-corrected chi connectivity index (χ3v) is 3.20. The number of amides is 1. The van der Waals surface area contributed by atoms with Crippen molar-refractivity contribution in [2.45, 2.75) is 25.3 Å². The van der Waals surface area contributed by atoms with E-state index in [9.17, 15) is 4.79 Å². The third kappa shape index (κ3) is 5.03. The Morgan fingerprint density at radius 3 is 2.70 bits per heavy atom. The van der Waals surface area contributed by atoms with E-state index in [2.05, 4.69) is 13.0 Å². The van der Waals surface area contributed by atoms with Crippen molar-refractivity contribution in [3.8, 4) is 5.75 Å². The van der Waals surface area contributed by atoms with E-state index in [1.165, 1.54) is 0 Å². The quantitative estimate of drug-likeness (QED) is 0.431. The predicted octanol–water partition coefficient (Wildman–Crippen LogP) is 2.83. The molecule has 3 nitrogen and oxygen atoms in total. The van der Waals surface area contributed by atoms with E-state index < -0.39 is 0 Å². The van der Waals surface area contributed by atoms with E-state index in [0.29, 0.717) is 19.6 Å². The van der Waals surface area contributed by atoms with Crippen molar-refractivity contribution < 1.29 is 42.2 Å². The molecule has 4 heteroatoms. The fourth-order valence-corrected chi connectivity index (χ4v) is 2.05. The average molecular weight is 347 g/mol. The smallest absolute Gasteiger partial charge is 0.225 e. The Morgan fingerprint density at radius 2 is 2.05 bits per heavy atom. The first-order valence-corrected chi connectivity index (χ1v) is 6.73. The fraction of sp³-hybridized carbons (Fsp3) is 0.375. The molecule has 1 saturated heterocycles.